The van der Waals surface area contributed by atoms with Crippen LogP contribution in [0.1, 0.15) is 48.8 Å². The molecule has 0 bridgehead atoms. The second-order valence-corrected chi connectivity index (χ2v) is 9.51. The van der Waals surface area contributed by atoms with E-state index in [1.54, 1.807) is 0 Å². The number of rotatable bonds is 15. The van der Waals surface area contributed by atoms with Gasteiger partial charge in [0.25, 0.3) is 0 Å². The number of hydrogen-bond acceptors (Lipinski definition) is 6. The lowest BCUT2D eigenvalue weighted by atomic mass is 10.0. The molecule has 216 valence electrons. The van der Waals surface area contributed by atoms with Crippen LogP contribution in [-0.4, -0.2) is 41.1 Å². The molecular formula is C33H38N2O6. The van der Waals surface area contributed by atoms with Crippen molar-refractivity contribution in [2.75, 3.05) is 6.61 Å². The second-order valence-electron chi connectivity index (χ2n) is 9.51. The van der Waals surface area contributed by atoms with E-state index >= 15 is 0 Å². The average Bonchev–Trinajstić information content (AvgIpc) is 3.01. The lowest BCUT2D eigenvalue weighted by Gasteiger charge is -2.33. The molecular weight excluding hydrogens is 520 g/mol. The van der Waals surface area contributed by atoms with Gasteiger partial charge in [-0.25, -0.2) is 20.0 Å². The van der Waals surface area contributed by atoms with Crippen molar-refractivity contribution in [3.63, 3.8) is 0 Å². The van der Waals surface area contributed by atoms with Crippen LogP contribution in [-0.2, 0) is 34.0 Å². The van der Waals surface area contributed by atoms with Crippen LogP contribution in [0.5, 0.6) is 0 Å². The van der Waals surface area contributed by atoms with Crippen molar-refractivity contribution >= 4 is 12.2 Å². The minimum atomic E-state index is -1.09. The lowest BCUT2D eigenvalue weighted by Crippen LogP contribution is -2.56. The molecule has 0 radical (unpaired) electrons. The molecule has 3 aromatic rings. The molecule has 0 heterocycles. The molecule has 0 aliphatic rings. The normalized spacial score (nSPS) is 12.0. The molecule has 2 N–H and O–H groups in total. The number of hydrazine groups is 1. The van der Waals surface area contributed by atoms with E-state index in [0.29, 0.717) is 26.1 Å². The summed E-state index contributed by atoms with van der Waals surface area (Å²) in [6.07, 6.45) is 5.33. The number of amides is 2. The summed E-state index contributed by atoms with van der Waals surface area (Å²) >= 11 is 0. The molecule has 8 nitrogen and oxygen atoms in total. The summed E-state index contributed by atoms with van der Waals surface area (Å²) in [5.74, 6) is 2.44. The monoisotopic (exact) mass is 558 g/mol. The van der Waals surface area contributed by atoms with Gasteiger partial charge in [-0.2, -0.15) is 0 Å². The van der Waals surface area contributed by atoms with E-state index in [9.17, 15) is 14.7 Å². The van der Waals surface area contributed by atoms with E-state index in [1.165, 1.54) is 0 Å². The van der Waals surface area contributed by atoms with E-state index in [-0.39, 0.29) is 19.6 Å². The molecule has 3 rings (SSSR count). The molecule has 3 aromatic carbocycles. The summed E-state index contributed by atoms with van der Waals surface area (Å²) in [5.41, 5.74) is 5.17. The van der Waals surface area contributed by atoms with Crippen molar-refractivity contribution in [3.05, 3.63) is 108 Å². The van der Waals surface area contributed by atoms with Gasteiger partial charge in [0.2, 0.25) is 0 Å². The maximum atomic E-state index is 13.2. The Bertz CT molecular complexity index is 1200. The Morgan fingerprint density at radius 2 is 1.32 bits per heavy atom. The second kappa shape index (κ2) is 18.1. The third kappa shape index (κ3) is 11.8. The van der Waals surface area contributed by atoms with Crippen LogP contribution >= 0.6 is 0 Å². The first kappa shape index (κ1) is 31.2. The summed E-state index contributed by atoms with van der Waals surface area (Å²) in [4.78, 5) is 26.0. The highest BCUT2D eigenvalue weighted by Crippen LogP contribution is 2.17. The molecule has 0 aromatic heterocycles. The standard InChI is InChI=1S/C33H38N2O6/c1-2-15-31(36)30(22-13-6-14-23-39-24-27-16-7-3-8-17-27)35(33(38)41-26-29-20-11-5-12-21-29)34-32(37)40-25-28-18-9-4-10-19-28/h1,3-5,7-12,16-21,30-31,36H,6,13-15,22-26H2,(H,34,37)/t30-,31+/m1/s1. The number of hydrogen-bond donors (Lipinski definition) is 2. The van der Waals surface area contributed by atoms with Crippen LogP contribution < -0.4 is 5.43 Å². The Morgan fingerprint density at radius 1 is 0.780 bits per heavy atom. The van der Waals surface area contributed by atoms with Gasteiger partial charge in [-0.05, 0) is 29.5 Å². The minimum Gasteiger partial charge on any atom is -0.443 e. The van der Waals surface area contributed by atoms with Crippen LogP contribution in [0.25, 0.3) is 0 Å². The van der Waals surface area contributed by atoms with Crippen molar-refractivity contribution in [1.82, 2.24) is 10.4 Å². The van der Waals surface area contributed by atoms with Crippen LogP contribution in [0.3, 0.4) is 0 Å². The first-order valence-electron chi connectivity index (χ1n) is 13.8. The molecule has 0 aliphatic carbocycles. The molecule has 0 aliphatic heterocycles. The number of unbranched alkanes of at least 4 members (excludes halogenated alkanes) is 2. The largest absolute Gasteiger partial charge is 0.443 e. The summed E-state index contributed by atoms with van der Waals surface area (Å²) in [5, 5.41) is 11.9. The lowest BCUT2D eigenvalue weighted by molar-refractivity contribution is 0.00199. The Morgan fingerprint density at radius 3 is 1.88 bits per heavy atom. The predicted octanol–water partition coefficient (Wildman–Crippen LogP) is 6.00. The molecule has 0 unspecified atom stereocenters. The van der Waals surface area contributed by atoms with Gasteiger partial charge in [0.05, 0.1) is 18.8 Å². The van der Waals surface area contributed by atoms with E-state index < -0.39 is 24.3 Å². The highest BCUT2D eigenvalue weighted by atomic mass is 16.6. The van der Waals surface area contributed by atoms with Gasteiger partial charge < -0.3 is 19.3 Å². The number of nitrogens with one attached hydrogen (secondary N) is 1. The Kier molecular flexibility index (Phi) is 13.8. The van der Waals surface area contributed by atoms with E-state index in [2.05, 4.69) is 11.3 Å². The van der Waals surface area contributed by atoms with Crippen molar-refractivity contribution in [3.8, 4) is 12.3 Å². The number of nitrogens with zero attached hydrogens (tertiary/aromatic N) is 1. The Balaban J connectivity index is 1.60. The minimum absolute atomic E-state index is 0.00589. The first-order valence-corrected chi connectivity index (χ1v) is 13.8. The number of carbonyl (C=O) groups is 2. The third-order valence-electron chi connectivity index (χ3n) is 6.33. The highest BCUT2D eigenvalue weighted by Gasteiger charge is 2.32. The zero-order valence-corrected chi connectivity index (χ0v) is 23.2. The molecule has 0 fully saturated rings. The number of ether oxygens (including phenoxy) is 3. The van der Waals surface area contributed by atoms with Crippen molar-refractivity contribution in [2.24, 2.45) is 0 Å². The average molecular weight is 559 g/mol. The van der Waals surface area contributed by atoms with Gasteiger partial charge in [-0.15, -0.1) is 12.3 Å². The van der Waals surface area contributed by atoms with Gasteiger partial charge in [-0.3, -0.25) is 0 Å². The summed E-state index contributed by atoms with van der Waals surface area (Å²) in [7, 11) is 0. The molecule has 41 heavy (non-hydrogen) atoms. The van der Waals surface area contributed by atoms with E-state index in [0.717, 1.165) is 34.5 Å². The number of terminal acetylenes is 1. The van der Waals surface area contributed by atoms with Gasteiger partial charge >= 0.3 is 12.2 Å². The van der Waals surface area contributed by atoms with Crippen LogP contribution in [0.4, 0.5) is 9.59 Å². The predicted molar refractivity (Wildman–Crippen MR) is 156 cm³/mol. The third-order valence-corrected chi connectivity index (χ3v) is 6.33. The molecule has 2 atom stereocenters. The number of carbonyl (C=O) groups excluding carboxylic acids is 2. The number of benzene rings is 3. The molecule has 0 spiro atoms. The molecule has 0 saturated heterocycles. The van der Waals surface area contributed by atoms with Crippen molar-refractivity contribution in [1.29, 1.82) is 0 Å². The maximum Gasteiger partial charge on any atom is 0.429 e. The van der Waals surface area contributed by atoms with E-state index in [1.807, 2.05) is 91.0 Å². The molecule has 2 amide bonds. The number of aliphatic hydroxyl groups is 1. The Labute approximate surface area is 242 Å². The van der Waals surface area contributed by atoms with Gasteiger partial charge in [0, 0.05) is 13.0 Å². The molecule has 8 heteroatoms. The van der Waals surface area contributed by atoms with Crippen molar-refractivity contribution in [2.45, 2.75) is 64.1 Å². The maximum absolute atomic E-state index is 13.2. The smallest absolute Gasteiger partial charge is 0.429 e. The first-order chi connectivity index (χ1) is 20.1. The molecule has 0 saturated carbocycles. The summed E-state index contributed by atoms with van der Waals surface area (Å²) < 4.78 is 16.6. The van der Waals surface area contributed by atoms with Gasteiger partial charge in [-0.1, -0.05) is 104 Å². The van der Waals surface area contributed by atoms with E-state index in [4.69, 9.17) is 20.6 Å². The zero-order valence-electron chi connectivity index (χ0n) is 23.2. The SMILES string of the molecule is C#CC[C@H](O)[C@@H](CCCCCOCc1ccccc1)N(NC(=O)OCc1ccccc1)C(=O)OCc1ccccc1. The summed E-state index contributed by atoms with van der Waals surface area (Å²) in [6, 6.07) is 27.5. The fourth-order valence-corrected chi connectivity index (χ4v) is 4.16. The fraction of sp³-hybridized carbons (Fsp3) is 0.333. The van der Waals surface area contributed by atoms with Gasteiger partial charge in [0.15, 0.2) is 0 Å². The van der Waals surface area contributed by atoms with Gasteiger partial charge in [0.1, 0.15) is 13.2 Å². The zero-order chi connectivity index (χ0) is 29.1. The van der Waals surface area contributed by atoms with Crippen LogP contribution in [0, 0.1) is 12.3 Å². The summed E-state index contributed by atoms with van der Waals surface area (Å²) in [6.45, 7) is 1.13. The number of aliphatic hydroxyl groups excluding tert-OH is 1. The van der Waals surface area contributed by atoms with Crippen LogP contribution in [0.2, 0.25) is 0 Å². The van der Waals surface area contributed by atoms with Crippen LogP contribution in [0.15, 0.2) is 91.0 Å². The van der Waals surface area contributed by atoms with Crippen molar-refractivity contribution < 1.29 is 28.9 Å². The fourth-order valence-electron chi connectivity index (χ4n) is 4.16. The Hall–Kier alpha value is -4.32. The quantitative estimate of drug-likeness (QED) is 0.135. The topological polar surface area (TPSA) is 97.3 Å². The highest BCUT2D eigenvalue weighted by molar-refractivity contribution is 5.74.